The van der Waals surface area contributed by atoms with Crippen LogP contribution in [0, 0.1) is 41.4 Å². The van der Waals surface area contributed by atoms with Gasteiger partial charge < -0.3 is 4.57 Å². The number of hydrogen-bond donors (Lipinski definition) is 0. The predicted molar refractivity (Wildman–Crippen MR) is 106 cm³/mol. The minimum absolute atomic E-state index is 0.0442. The third kappa shape index (κ3) is 3.08. The highest BCUT2D eigenvalue weighted by atomic mass is 19.2. The molecule has 0 saturated carbocycles. The molecule has 156 valence electrons. The van der Waals surface area contributed by atoms with Gasteiger partial charge in [-0.15, -0.1) is 6.42 Å². The van der Waals surface area contributed by atoms with Crippen molar-refractivity contribution in [3.63, 3.8) is 0 Å². The molecule has 4 rings (SSSR count). The van der Waals surface area contributed by atoms with E-state index < -0.39 is 40.7 Å². The number of anilines is 1. The summed E-state index contributed by atoms with van der Waals surface area (Å²) in [5, 5.41) is 4.66. The van der Waals surface area contributed by atoms with E-state index in [2.05, 4.69) is 11.0 Å². The Balaban J connectivity index is 1.83. The fourth-order valence-electron chi connectivity index (χ4n) is 3.39. The van der Waals surface area contributed by atoms with E-state index in [0.29, 0.717) is 5.56 Å². The second kappa shape index (κ2) is 7.40. The summed E-state index contributed by atoms with van der Waals surface area (Å²) in [6.45, 7) is 1.65. The van der Waals surface area contributed by atoms with E-state index in [1.54, 1.807) is 22.9 Å². The molecular weight excluding hydrogens is 417 g/mol. The summed E-state index contributed by atoms with van der Waals surface area (Å²) in [5.74, 6) is -9.45. The summed E-state index contributed by atoms with van der Waals surface area (Å²) >= 11 is 0. The smallest absolute Gasteiger partial charge is 0.280 e. The van der Waals surface area contributed by atoms with Crippen LogP contribution in [0.4, 0.5) is 27.6 Å². The van der Waals surface area contributed by atoms with E-state index in [0.717, 1.165) is 10.9 Å². The number of nitrogens with zero attached hydrogens (tertiary/aromatic N) is 3. The SMILES string of the molecule is C#CCn1cc(/C=C2\C(=O)N(c3c(F)c(F)c(F)c(F)c3F)N=C2C)c2ccccc21. The van der Waals surface area contributed by atoms with Crippen molar-refractivity contribution >= 4 is 34.3 Å². The molecule has 0 aliphatic carbocycles. The van der Waals surface area contributed by atoms with Gasteiger partial charge in [0.1, 0.15) is 5.69 Å². The third-order valence-electron chi connectivity index (χ3n) is 4.84. The topological polar surface area (TPSA) is 37.6 Å². The molecule has 1 amide bonds. The predicted octanol–water partition coefficient (Wildman–Crippen LogP) is 4.78. The lowest BCUT2D eigenvalue weighted by atomic mass is 10.1. The van der Waals surface area contributed by atoms with Crippen molar-refractivity contribution in [2.45, 2.75) is 13.5 Å². The highest BCUT2D eigenvalue weighted by Gasteiger charge is 2.37. The number of hydrogen-bond acceptors (Lipinski definition) is 2. The summed E-state index contributed by atoms with van der Waals surface area (Å²) in [5.41, 5.74) is -0.0823. The number of benzene rings is 2. The van der Waals surface area contributed by atoms with Gasteiger partial charge in [-0.25, -0.2) is 22.0 Å². The number of halogens is 5. The second-order valence-electron chi connectivity index (χ2n) is 6.71. The molecule has 2 heterocycles. The summed E-state index contributed by atoms with van der Waals surface area (Å²) in [4.78, 5) is 12.8. The fraction of sp³-hybridized carbons (Fsp3) is 0.0909. The minimum atomic E-state index is -2.32. The highest BCUT2D eigenvalue weighted by Crippen LogP contribution is 2.34. The largest absolute Gasteiger partial charge is 0.335 e. The summed E-state index contributed by atoms with van der Waals surface area (Å²) in [6, 6.07) is 7.21. The van der Waals surface area contributed by atoms with Gasteiger partial charge in [-0.2, -0.15) is 10.1 Å². The summed E-state index contributed by atoms with van der Waals surface area (Å²) < 4.78 is 70.7. The quantitative estimate of drug-likeness (QED) is 0.194. The molecule has 2 aromatic carbocycles. The molecule has 4 nitrogen and oxygen atoms in total. The monoisotopic (exact) mass is 429 g/mol. The van der Waals surface area contributed by atoms with Crippen molar-refractivity contribution in [2.75, 3.05) is 5.01 Å². The van der Waals surface area contributed by atoms with Crippen LogP contribution in [0.1, 0.15) is 12.5 Å². The van der Waals surface area contributed by atoms with E-state index >= 15 is 0 Å². The van der Waals surface area contributed by atoms with Gasteiger partial charge in [0.15, 0.2) is 23.3 Å². The van der Waals surface area contributed by atoms with Gasteiger partial charge in [-0.05, 0) is 19.1 Å². The Morgan fingerprint density at radius 3 is 2.29 bits per heavy atom. The average Bonchev–Trinajstić information content (AvgIpc) is 3.24. The lowest BCUT2D eigenvalue weighted by molar-refractivity contribution is -0.114. The van der Waals surface area contributed by atoms with Crippen molar-refractivity contribution in [2.24, 2.45) is 5.10 Å². The molecule has 0 radical (unpaired) electrons. The Morgan fingerprint density at radius 1 is 1.03 bits per heavy atom. The van der Waals surface area contributed by atoms with Crippen molar-refractivity contribution in [1.29, 1.82) is 0 Å². The molecule has 0 N–H and O–H groups in total. The number of amides is 1. The maximum absolute atomic E-state index is 14.2. The molecule has 31 heavy (non-hydrogen) atoms. The van der Waals surface area contributed by atoms with Crippen LogP contribution in [0.3, 0.4) is 0 Å². The van der Waals surface area contributed by atoms with Crippen LogP contribution in [-0.2, 0) is 11.3 Å². The number of carbonyl (C=O) groups is 1. The van der Waals surface area contributed by atoms with Crippen LogP contribution >= 0.6 is 0 Å². The second-order valence-corrected chi connectivity index (χ2v) is 6.71. The molecule has 0 saturated heterocycles. The van der Waals surface area contributed by atoms with E-state index in [1.165, 1.54) is 13.0 Å². The maximum atomic E-state index is 14.2. The zero-order chi connectivity index (χ0) is 22.4. The molecule has 0 fully saturated rings. The molecule has 0 bridgehead atoms. The van der Waals surface area contributed by atoms with Crippen LogP contribution in [0.15, 0.2) is 41.1 Å². The molecule has 1 aliphatic rings. The van der Waals surface area contributed by atoms with E-state index in [-0.39, 0.29) is 22.8 Å². The lowest BCUT2D eigenvalue weighted by Crippen LogP contribution is -2.25. The normalized spacial score (nSPS) is 15.1. The zero-order valence-corrected chi connectivity index (χ0v) is 15.9. The van der Waals surface area contributed by atoms with Crippen LogP contribution in [0.25, 0.3) is 17.0 Å². The number of rotatable bonds is 3. The Morgan fingerprint density at radius 2 is 1.65 bits per heavy atom. The molecular formula is C22H12F5N3O. The Labute approximate surface area is 172 Å². The van der Waals surface area contributed by atoms with E-state index in [4.69, 9.17) is 6.42 Å². The fourth-order valence-corrected chi connectivity index (χ4v) is 3.39. The Bertz CT molecular complexity index is 1330. The molecule has 0 atom stereocenters. The average molecular weight is 429 g/mol. The standard InChI is InChI=1S/C22H12F5N3O/c1-3-8-29-10-12(13-6-4-5-7-15(13)29)9-14-11(2)28-30(22(14)31)21-19(26)17(24)16(23)18(25)20(21)27/h1,4-7,9-10H,8H2,2H3/b14-9-. The van der Waals surface area contributed by atoms with Crippen molar-refractivity contribution in [1.82, 2.24) is 4.57 Å². The first kappa shape index (κ1) is 20.3. The van der Waals surface area contributed by atoms with Crippen LogP contribution in [0.2, 0.25) is 0 Å². The lowest BCUT2D eigenvalue weighted by Gasteiger charge is -2.15. The number of carbonyl (C=O) groups excluding carboxylic acids is 1. The Hall–Kier alpha value is -3.93. The number of fused-ring (bicyclic) bond motifs is 1. The van der Waals surface area contributed by atoms with Gasteiger partial charge in [0.2, 0.25) is 5.82 Å². The zero-order valence-electron chi connectivity index (χ0n) is 15.9. The number of aromatic nitrogens is 1. The first-order valence-electron chi connectivity index (χ1n) is 8.90. The maximum Gasteiger partial charge on any atom is 0.280 e. The molecule has 0 unspecified atom stereocenters. The van der Waals surface area contributed by atoms with Gasteiger partial charge in [0.05, 0.1) is 17.8 Å². The van der Waals surface area contributed by atoms with Gasteiger partial charge in [-0.1, -0.05) is 24.1 Å². The first-order valence-corrected chi connectivity index (χ1v) is 8.90. The van der Waals surface area contributed by atoms with Crippen molar-refractivity contribution < 1.29 is 26.7 Å². The molecule has 1 aliphatic heterocycles. The van der Waals surface area contributed by atoms with Crippen LogP contribution in [0.5, 0.6) is 0 Å². The molecule has 1 aromatic heterocycles. The van der Waals surface area contributed by atoms with E-state index in [1.807, 2.05) is 12.1 Å². The van der Waals surface area contributed by atoms with E-state index in [9.17, 15) is 26.7 Å². The first-order chi connectivity index (χ1) is 14.8. The van der Waals surface area contributed by atoms with Gasteiger partial charge in [-0.3, -0.25) is 4.79 Å². The van der Waals surface area contributed by atoms with Crippen LogP contribution < -0.4 is 5.01 Å². The molecule has 0 spiro atoms. The Kier molecular flexibility index (Phi) is 4.85. The number of para-hydroxylation sites is 1. The van der Waals surface area contributed by atoms with Crippen molar-refractivity contribution in [3.8, 4) is 12.3 Å². The van der Waals surface area contributed by atoms with Gasteiger partial charge in [0.25, 0.3) is 5.91 Å². The van der Waals surface area contributed by atoms with Gasteiger partial charge >= 0.3 is 0 Å². The third-order valence-corrected chi connectivity index (χ3v) is 4.84. The van der Waals surface area contributed by atoms with Gasteiger partial charge in [0, 0.05) is 22.7 Å². The summed E-state index contributed by atoms with van der Waals surface area (Å²) in [6.07, 6.45) is 8.52. The number of terminal acetylenes is 1. The molecule has 3 aromatic rings. The van der Waals surface area contributed by atoms with Crippen molar-refractivity contribution in [3.05, 3.63) is 70.7 Å². The number of hydrazone groups is 1. The molecule has 9 heteroatoms. The highest BCUT2D eigenvalue weighted by molar-refractivity contribution is 6.32. The minimum Gasteiger partial charge on any atom is -0.335 e. The van der Waals surface area contributed by atoms with Crippen LogP contribution in [-0.4, -0.2) is 16.2 Å². The summed E-state index contributed by atoms with van der Waals surface area (Å²) in [7, 11) is 0.